The fourth-order valence-electron chi connectivity index (χ4n) is 15.0. The number of methoxy groups -OCH3 is 1. The van der Waals surface area contributed by atoms with Crippen LogP contribution < -0.4 is 4.74 Å². The fraction of sp³-hybridized carbons (Fsp3) is 0.500. The summed E-state index contributed by atoms with van der Waals surface area (Å²) in [6.45, 7) is 13.8. The van der Waals surface area contributed by atoms with Crippen LogP contribution in [0.5, 0.6) is 17.2 Å². The van der Waals surface area contributed by atoms with Gasteiger partial charge in [-0.25, -0.2) is 4.98 Å². The monoisotopic (exact) mass is 826 g/mol. The van der Waals surface area contributed by atoms with Crippen LogP contribution in [0.1, 0.15) is 141 Å². The Labute approximate surface area is 370 Å². The number of rotatable bonds is 7. The first-order valence-electron chi connectivity index (χ1n) is 24.1. The van der Waals surface area contributed by atoms with Crippen LogP contribution in [0, 0.1) is 35.5 Å². The zero-order valence-electron chi connectivity index (χ0n) is 38.3. The van der Waals surface area contributed by atoms with Gasteiger partial charge in [-0.3, -0.25) is 0 Å². The Balaban J connectivity index is 1.05. The van der Waals surface area contributed by atoms with Gasteiger partial charge in [-0.2, -0.15) is 0 Å². The molecule has 1 heterocycles. The van der Waals surface area contributed by atoms with Crippen molar-refractivity contribution in [2.75, 3.05) is 7.11 Å². The van der Waals surface area contributed by atoms with Gasteiger partial charge >= 0.3 is 0 Å². The van der Waals surface area contributed by atoms with Gasteiger partial charge in [0.1, 0.15) is 17.2 Å². The maximum Gasteiger partial charge on any atom is 0.127 e. The number of phenolic OH excluding ortho intramolecular Hbond substituents is 2. The molecule has 8 bridgehead atoms. The summed E-state index contributed by atoms with van der Waals surface area (Å²) in [6, 6.07) is 30.3. The molecule has 4 heteroatoms. The predicted molar refractivity (Wildman–Crippen MR) is 253 cm³/mol. The van der Waals surface area contributed by atoms with Crippen LogP contribution in [0.15, 0.2) is 84.9 Å². The first-order valence-corrected chi connectivity index (χ1v) is 24.1. The van der Waals surface area contributed by atoms with Crippen molar-refractivity contribution in [3.05, 3.63) is 107 Å². The van der Waals surface area contributed by atoms with Crippen molar-refractivity contribution in [1.82, 2.24) is 4.98 Å². The van der Waals surface area contributed by atoms with Crippen LogP contribution in [-0.4, -0.2) is 22.3 Å². The van der Waals surface area contributed by atoms with Gasteiger partial charge in [-0.15, -0.1) is 0 Å². The molecule has 8 saturated carbocycles. The van der Waals surface area contributed by atoms with Crippen molar-refractivity contribution in [3.63, 3.8) is 0 Å². The lowest BCUT2D eigenvalue weighted by Gasteiger charge is -2.57. The van der Waals surface area contributed by atoms with Crippen LogP contribution in [-0.2, 0) is 21.7 Å². The normalized spacial score (nSPS) is 29.7. The number of hydrogen-bond donors (Lipinski definition) is 2. The molecule has 1 aromatic heterocycles. The Morgan fingerprint density at radius 1 is 0.468 bits per heavy atom. The molecule has 4 nitrogen and oxygen atoms in total. The number of aromatic hydroxyl groups is 2. The van der Waals surface area contributed by atoms with E-state index in [0.717, 1.165) is 86.0 Å². The largest absolute Gasteiger partial charge is 0.507 e. The highest BCUT2D eigenvalue weighted by atomic mass is 16.5. The minimum Gasteiger partial charge on any atom is -0.507 e. The summed E-state index contributed by atoms with van der Waals surface area (Å²) in [7, 11) is 1.73. The van der Waals surface area contributed by atoms with Gasteiger partial charge in [0.05, 0.1) is 18.5 Å². The van der Waals surface area contributed by atoms with Crippen molar-refractivity contribution >= 4 is 0 Å². The van der Waals surface area contributed by atoms with Gasteiger partial charge in [-0.05, 0) is 169 Å². The van der Waals surface area contributed by atoms with E-state index in [1.54, 1.807) is 7.11 Å². The Morgan fingerprint density at radius 3 is 1.10 bits per heavy atom. The van der Waals surface area contributed by atoms with E-state index in [1.165, 1.54) is 99.3 Å². The molecular weight excluding hydrogens is 759 g/mol. The van der Waals surface area contributed by atoms with Gasteiger partial charge in [0, 0.05) is 45.5 Å². The zero-order chi connectivity index (χ0) is 42.9. The molecule has 8 fully saturated rings. The first-order chi connectivity index (χ1) is 29.6. The van der Waals surface area contributed by atoms with Gasteiger partial charge < -0.3 is 14.9 Å². The minimum atomic E-state index is -0.0923. The van der Waals surface area contributed by atoms with E-state index in [2.05, 4.69) is 114 Å². The second-order valence-electron chi connectivity index (χ2n) is 23.6. The number of ether oxygens (including phenoxy) is 1. The second kappa shape index (κ2) is 14.2. The van der Waals surface area contributed by atoms with E-state index >= 15 is 0 Å². The van der Waals surface area contributed by atoms with Crippen LogP contribution in [0.25, 0.3) is 44.8 Å². The lowest BCUT2D eigenvalue weighted by molar-refractivity contribution is -0.00631. The zero-order valence-corrected chi connectivity index (χ0v) is 38.3. The van der Waals surface area contributed by atoms with E-state index < -0.39 is 0 Å². The topological polar surface area (TPSA) is 62.6 Å². The van der Waals surface area contributed by atoms with Gasteiger partial charge in [0.2, 0.25) is 0 Å². The van der Waals surface area contributed by atoms with Crippen molar-refractivity contribution in [2.24, 2.45) is 35.5 Å². The SMILES string of the molecule is COc1cc(-c2ccccc2-c2cc(C(C)(C)C)cc(C34CC5CC(CC(C5)C3)C4)c2O)nc(-c2ccccc2-c2cc(C(C)(C)C)cc(C34CC5CC(CC(C5)C3)C4)c2O)c1. The molecule has 0 spiro atoms. The van der Waals surface area contributed by atoms with Gasteiger partial charge in [-0.1, -0.05) is 102 Å². The molecule has 0 aliphatic heterocycles. The highest BCUT2D eigenvalue weighted by Gasteiger charge is 2.54. The lowest BCUT2D eigenvalue weighted by Crippen LogP contribution is -2.48. The molecule has 0 amide bonds. The standard InChI is InChI=1S/C58H67NO3/c1-55(2,3)40-22-47(53(60)49(24-40)57-28-34-16-35(29-57)18-36(17-34)30-57)43-12-8-10-14-45(43)51-26-42(62-7)27-52(59-51)46-15-11-9-13-44(46)48-23-41(56(4,5)6)25-50(54(48)61)58-31-37-19-38(32-58)21-39(20-37)33-58/h8-15,22-27,34-39,60-61H,16-21,28-33H2,1-7H3. The number of hydrogen-bond acceptors (Lipinski definition) is 4. The molecule has 13 rings (SSSR count). The number of aromatic nitrogens is 1. The van der Waals surface area contributed by atoms with Crippen LogP contribution >= 0.6 is 0 Å². The van der Waals surface area contributed by atoms with Crippen molar-refractivity contribution < 1.29 is 14.9 Å². The molecule has 8 aliphatic carbocycles. The number of pyridine rings is 1. The molecule has 4 aromatic carbocycles. The fourth-order valence-corrected chi connectivity index (χ4v) is 15.0. The first kappa shape index (κ1) is 40.2. The summed E-state index contributed by atoms with van der Waals surface area (Å²) in [4.78, 5) is 5.51. The average molecular weight is 826 g/mol. The summed E-state index contributed by atoms with van der Waals surface area (Å²) in [6.07, 6.45) is 15.4. The average Bonchev–Trinajstić information content (AvgIpc) is 3.22. The van der Waals surface area contributed by atoms with E-state index in [0.29, 0.717) is 11.5 Å². The van der Waals surface area contributed by atoms with Crippen LogP contribution in [0.3, 0.4) is 0 Å². The van der Waals surface area contributed by atoms with Crippen molar-refractivity contribution in [2.45, 2.75) is 140 Å². The molecule has 62 heavy (non-hydrogen) atoms. The Morgan fingerprint density at radius 2 is 0.790 bits per heavy atom. The van der Waals surface area contributed by atoms with Crippen LogP contribution in [0.4, 0.5) is 0 Å². The van der Waals surface area contributed by atoms with Gasteiger partial charge in [0.25, 0.3) is 0 Å². The van der Waals surface area contributed by atoms with E-state index in [-0.39, 0.29) is 21.7 Å². The highest BCUT2D eigenvalue weighted by Crippen LogP contribution is 2.64. The minimum absolute atomic E-state index is 0.0420. The summed E-state index contributed by atoms with van der Waals surface area (Å²) in [5.74, 6) is 6.28. The van der Waals surface area contributed by atoms with Gasteiger partial charge in [0.15, 0.2) is 0 Å². The predicted octanol–water partition coefficient (Wildman–Crippen LogP) is 14.7. The molecule has 8 aliphatic rings. The molecular formula is C58H67NO3. The Kier molecular flexibility index (Phi) is 9.22. The smallest absolute Gasteiger partial charge is 0.127 e. The lowest BCUT2D eigenvalue weighted by atomic mass is 9.47. The molecule has 0 unspecified atom stereocenters. The molecule has 0 saturated heterocycles. The Hall–Kier alpha value is -4.57. The second-order valence-corrected chi connectivity index (χ2v) is 23.6. The Bertz CT molecular complexity index is 2340. The number of benzene rings is 4. The third-order valence-corrected chi connectivity index (χ3v) is 17.2. The summed E-state index contributed by atoms with van der Waals surface area (Å²) >= 11 is 0. The molecule has 0 atom stereocenters. The summed E-state index contributed by atoms with van der Waals surface area (Å²) < 4.78 is 6.08. The molecule has 2 N–H and O–H groups in total. The summed E-state index contributed by atoms with van der Waals surface area (Å²) in [5.41, 5.74) is 12.1. The molecule has 322 valence electrons. The third-order valence-electron chi connectivity index (χ3n) is 17.2. The summed E-state index contributed by atoms with van der Waals surface area (Å²) in [5, 5.41) is 25.4. The van der Waals surface area contributed by atoms with E-state index in [4.69, 9.17) is 9.72 Å². The maximum atomic E-state index is 12.7. The highest BCUT2D eigenvalue weighted by molar-refractivity contribution is 5.90. The number of phenols is 2. The van der Waals surface area contributed by atoms with Crippen molar-refractivity contribution in [3.8, 4) is 62.0 Å². The molecule has 5 aromatic rings. The van der Waals surface area contributed by atoms with E-state index in [1.807, 2.05) is 12.1 Å². The van der Waals surface area contributed by atoms with E-state index in [9.17, 15) is 10.2 Å². The molecule has 0 radical (unpaired) electrons. The quantitative estimate of drug-likeness (QED) is 0.172. The van der Waals surface area contributed by atoms with Crippen molar-refractivity contribution in [1.29, 1.82) is 0 Å². The third kappa shape index (κ3) is 6.63. The van der Waals surface area contributed by atoms with Crippen LogP contribution in [0.2, 0.25) is 0 Å². The number of nitrogens with zero attached hydrogens (tertiary/aromatic N) is 1. The maximum absolute atomic E-state index is 12.7.